The van der Waals surface area contributed by atoms with E-state index < -0.39 is 11.9 Å². The van der Waals surface area contributed by atoms with Gasteiger partial charge >= 0.3 is 5.97 Å². The molecule has 1 aliphatic rings. The third-order valence-corrected chi connectivity index (χ3v) is 3.87. The maximum atomic E-state index is 12.2. The van der Waals surface area contributed by atoms with Crippen molar-refractivity contribution in [3.05, 3.63) is 30.3 Å². The molecule has 1 atom stereocenters. The maximum absolute atomic E-state index is 12.2. The molecule has 0 radical (unpaired) electrons. The number of ether oxygens (including phenoxy) is 2. The number of benzene rings is 1. The number of carbonyl (C=O) groups is 3. The van der Waals surface area contributed by atoms with E-state index in [1.54, 1.807) is 4.90 Å². The van der Waals surface area contributed by atoms with Crippen LogP contribution < -0.4 is 4.74 Å². The fraction of sp³-hybridized carbons (Fsp3) is 0.471. The summed E-state index contributed by atoms with van der Waals surface area (Å²) in [5.74, 6) is -0.779. The molecule has 0 saturated carbocycles. The minimum atomic E-state index is -0.752. The number of amides is 1. The van der Waals surface area contributed by atoms with Crippen LogP contribution >= 0.6 is 0 Å². The van der Waals surface area contributed by atoms with E-state index in [1.165, 1.54) is 7.11 Å². The standard InChI is InChI=1S/C17H21NO5/c1-22-17(21)14-7-10-18(11-8-15(14)19)16(20)9-12-23-13-5-3-2-4-6-13/h2-6,14H,7-12H2,1H3. The van der Waals surface area contributed by atoms with Crippen molar-refractivity contribution >= 4 is 17.7 Å². The molecule has 1 unspecified atom stereocenters. The lowest BCUT2D eigenvalue weighted by atomic mass is 10.00. The van der Waals surface area contributed by atoms with E-state index in [9.17, 15) is 14.4 Å². The number of nitrogens with zero attached hydrogens (tertiary/aromatic N) is 1. The largest absolute Gasteiger partial charge is 0.493 e. The molecule has 23 heavy (non-hydrogen) atoms. The summed E-state index contributed by atoms with van der Waals surface area (Å²) in [4.78, 5) is 37.3. The topological polar surface area (TPSA) is 72.9 Å². The molecular formula is C17H21NO5. The molecule has 6 heteroatoms. The molecule has 0 spiro atoms. The Bertz CT molecular complexity index is 557. The Hall–Kier alpha value is -2.37. The van der Waals surface area contributed by atoms with Gasteiger partial charge in [0.1, 0.15) is 17.5 Å². The summed E-state index contributed by atoms with van der Waals surface area (Å²) in [6.07, 6.45) is 0.744. The predicted octanol–water partition coefficient (Wildman–Crippen LogP) is 1.44. The lowest BCUT2D eigenvalue weighted by Gasteiger charge is -2.20. The fourth-order valence-corrected chi connectivity index (χ4v) is 2.55. The molecule has 1 amide bonds. The highest BCUT2D eigenvalue weighted by Crippen LogP contribution is 2.17. The maximum Gasteiger partial charge on any atom is 0.316 e. The molecule has 1 aromatic carbocycles. The Morgan fingerprint density at radius 1 is 1.22 bits per heavy atom. The molecule has 1 fully saturated rings. The van der Waals surface area contributed by atoms with Crippen LogP contribution in [0.25, 0.3) is 0 Å². The molecule has 0 aromatic heterocycles. The van der Waals surface area contributed by atoms with Crippen LogP contribution in [-0.2, 0) is 19.1 Å². The van der Waals surface area contributed by atoms with Gasteiger partial charge in [-0.05, 0) is 18.6 Å². The number of hydrogen-bond acceptors (Lipinski definition) is 5. The second kappa shape index (κ2) is 8.31. The van der Waals surface area contributed by atoms with Crippen molar-refractivity contribution < 1.29 is 23.9 Å². The van der Waals surface area contributed by atoms with Gasteiger partial charge < -0.3 is 14.4 Å². The molecule has 0 N–H and O–H groups in total. The minimum Gasteiger partial charge on any atom is -0.493 e. The summed E-state index contributed by atoms with van der Waals surface area (Å²) in [7, 11) is 1.27. The van der Waals surface area contributed by atoms with Gasteiger partial charge in [0, 0.05) is 19.5 Å². The summed E-state index contributed by atoms with van der Waals surface area (Å²) in [5.41, 5.74) is 0. The summed E-state index contributed by atoms with van der Waals surface area (Å²) in [6, 6.07) is 9.28. The normalized spacial score (nSPS) is 18.2. The fourth-order valence-electron chi connectivity index (χ4n) is 2.55. The Morgan fingerprint density at radius 3 is 2.65 bits per heavy atom. The summed E-state index contributed by atoms with van der Waals surface area (Å²) in [6.45, 7) is 1.01. The predicted molar refractivity (Wildman–Crippen MR) is 82.9 cm³/mol. The van der Waals surface area contributed by atoms with Gasteiger partial charge in [0.05, 0.1) is 20.1 Å². The highest BCUT2D eigenvalue weighted by atomic mass is 16.5. The first-order valence-electron chi connectivity index (χ1n) is 7.68. The molecule has 124 valence electrons. The summed E-state index contributed by atoms with van der Waals surface area (Å²) in [5, 5.41) is 0. The second-order valence-corrected chi connectivity index (χ2v) is 5.37. The van der Waals surface area contributed by atoms with Crippen LogP contribution in [-0.4, -0.2) is 49.4 Å². The Morgan fingerprint density at radius 2 is 1.96 bits per heavy atom. The van der Waals surface area contributed by atoms with Gasteiger partial charge in [0.2, 0.25) is 5.91 Å². The number of para-hydroxylation sites is 1. The molecule has 0 bridgehead atoms. The van der Waals surface area contributed by atoms with Crippen molar-refractivity contribution in [3.8, 4) is 5.75 Å². The van der Waals surface area contributed by atoms with Crippen molar-refractivity contribution in [2.24, 2.45) is 5.92 Å². The number of rotatable bonds is 5. The number of likely N-dealkylation sites (tertiary alicyclic amines) is 1. The smallest absolute Gasteiger partial charge is 0.316 e. The molecule has 6 nitrogen and oxygen atoms in total. The second-order valence-electron chi connectivity index (χ2n) is 5.37. The molecule has 0 aliphatic carbocycles. The summed E-state index contributed by atoms with van der Waals surface area (Å²) >= 11 is 0. The Balaban J connectivity index is 1.81. The van der Waals surface area contributed by atoms with Crippen LogP contribution in [0.4, 0.5) is 0 Å². The van der Waals surface area contributed by atoms with Crippen molar-refractivity contribution in [1.82, 2.24) is 4.90 Å². The van der Waals surface area contributed by atoms with Gasteiger partial charge in [-0.2, -0.15) is 0 Å². The van der Waals surface area contributed by atoms with Gasteiger partial charge in [-0.25, -0.2) is 0 Å². The van der Waals surface area contributed by atoms with E-state index in [0.29, 0.717) is 19.5 Å². The van der Waals surface area contributed by atoms with Crippen LogP contribution in [0.15, 0.2) is 30.3 Å². The molecule has 1 aliphatic heterocycles. The number of methoxy groups -OCH3 is 1. The van der Waals surface area contributed by atoms with E-state index in [4.69, 9.17) is 4.74 Å². The quantitative estimate of drug-likeness (QED) is 0.606. The SMILES string of the molecule is COC(=O)C1CCN(C(=O)CCOc2ccccc2)CCC1=O. The summed E-state index contributed by atoms with van der Waals surface area (Å²) < 4.78 is 10.2. The monoisotopic (exact) mass is 319 g/mol. The first-order chi connectivity index (χ1) is 11.1. The Labute approximate surface area is 135 Å². The van der Waals surface area contributed by atoms with E-state index in [2.05, 4.69) is 4.74 Å². The first kappa shape index (κ1) is 17.0. The van der Waals surface area contributed by atoms with E-state index >= 15 is 0 Å². The van der Waals surface area contributed by atoms with Crippen LogP contribution in [0.2, 0.25) is 0 Å². The highest BCUT2D eigenvalue weighted by molar-refractivity contribution is 5.99. The number of esters is 1. The van der Waals surface area contributed by atoms with Crippen LogP contribution in [0.3, 0.4) is 0 Å². The van der Waals surface area contributed by atoms with Gasteiger partial charge in [0.25, 0.3) is 0 Å². The molecule has 1 aromatic rings. The average molecular weight is 319 g/mol. The lowest BCUT2D eigenvalue weighted by molar-refractivity contribution is -0.149. The molecule has 1 heterocycles. The van der Waals surface area contributed by atoms with Crippen LogP contribution in [0.1, 0.15) is 19.3 Å². The van der Waals surface area contributed by atoms with Gasteiger partial charge in [-0.3, -0.25) is 14.4 Å². The van der Waals surface area contributed by atoms with E-state index in [0.717, 1.165) is 5.75 Å². The van der Waals surface area contributed by atoms with Crippen molar-refractivity contribution in [3.63, 3.8) is 0 Å². The van der Waals surface area contributed by atoms with Gasteiger partial charge in [0.15, 0.2) is 0 Å². The van der Waals surface area contributed by atoms with E-state index in [1.807, 2.05) is 30.3 Å². The van der Waals surface area contributed by atoms with Gasteiger partial charge in [-0.1, -0.05) is 18.2 Å². The number of Topliss-reactive ketones (excluding diaryl/α,β-unsaturated/α-hetero) is 1. The molecule has 1 saturated heterocycles. The average Bonchev–Trinajstić information content (AvgIpc) is 2.77. The molecule has 2 rings (SSSR count). The van der Waals surface area contributed by atoms with Gasteiger partial charge in [-0.15, -0.1) is 0 Å². The van der Waals surface area contributed by atoms with Crippen LogP contribution in [0.5, 0.6) is 5.75 Å². The third-order valence-electron chi connectivity index (χ3n) is 3.87. The number of hydrogen-bond donors (Lipinski definition) is 0. The number of ketones is 1. The van der Waals surface area contributed by atoms with Crippen molar-refractivity contribution in [2.45, 2.75) is 19.3 Å². The lowest BCUT2D eigenvalue weighted by Crippen LogP contribution is -2.33. The zero-order valence-corrected chi connectivity index (χ0v) is 13.2. The third kappa shape index (κ3) is 4.81. The van der Waals surface area contributed by atoms with Crippen molar-refractivity contribution in [2.75, 3.05) is 26.8 Å². The molecular weight excluding hydrogens is 298 g/mol. The zero-order valence-electron chi connectivity index (χ0n) is 13.2. The van der Waals surface area contributed by atoms with E-state index in [-0.39, 0.29) is 31.1 Å². The highest BCUT2D eigenvalue weighted by Gasteiger charge is 2.31. The van der Waals surface area contributed by atoms with Crippen molar-refractivity contribution in [1.29, 1.82) is 0 Å². The zero-order chi connectivity index (χ0) is 16.7. The number of carbonyl (C=O) groups excluding carboxylic acids is 3. The minimum absolute atomic E-state index is 0.0701. The Kier molecular flexibility index (Phi) is 6.14. The first-order valence-corrected chi connectivity index (χ1v) is 7.68. The van der Waals surface area contributed by atoms with Crippen LogP contribution in [0, 0.1) is 5.92 Å².